The van der Waals surface area contributed by atoms with Gasteiger partial charge in [0.1, 0.15) is 0 Å². The second kappa shape index (κ2) is 10.4. The first-order valence-electron chi connectivity index (χ1n) is 1.19. The van der Waals surface area contributed by atoms with E-state index in [4.69, 9.17) is 19.8 Å². The average Bonchev–Trinajstić information content (AvgIpc) is 1.25. The van der Waals surface area contributed by atoms with Crippen molar-refractivity contribution in [3.63, 3.8) is 0 Å². The fourth-order valence-corrected chi connectivity index (χ4v) is 0. The number of carbonyl (C=O) groups excluding carboxylic acids is 2. The maximum atomic E-state index is 9.81. The first kappa shape index (κ1) is 15.8. The number of halogens is 2. The molecule has 7 heteroatoms. The molecule has 4 nitrogen and oxygen atoms in total. The van der Waals surface area contributed by atoms with Crippen molar-refractivity contribution in [2.45, 2.75) is 0 Å². The molecule has 0 fully saturated rings. The zero-order valence-corrected chi connectivity index (χ0v) is 5.26. The van der Waals surface area contributed by atoms with Gasteiger partial charge >= 0.3 is 20.4 Å². The van der Waals surface area contributed by atoms with Crippen LogP contribution in [0.2, 0.25) is 0 Å². The maximum absolute atomic E-state index is 9.81. The zero-order chi connectivity index (χ0) is 7.15. The van der Waals surface area contributed by atoms with Gasteiger partial charge in [-0.15, -0.1) is 0 Å². The van der Waals surface area contributed by atoms with Crippen LogP contribution in [0.4, 0.5) is 18.4 Å². The van der Waals surface area contributed by atoms with Gasteiger partial charge in [-0.1, -0.05) is 0 Å². The topological polar surface area (TPSA) is 80.3 Å². The Morgan fingerprint density at radius 2 is 1.00 bits per heavy atom. The summed E-state index contributed by atoms with van der Waals surface area (Å²) in [4.78, 5) is 16.4. The van der Waals surface area contributed by atoms with Crippen LogP contribution in [0.5, 0.6) is 0 Å². The molecule has 0 aliphatic carbocycles. The minimum atomic E-state index is -2.58. The minimum absolute atomic E-state index is 0. The quantitative estimate of drug-likeness (QED) is 0.380. The van der Waals surface area contributed by atoms with Crippen LogP contribution in [0.25, 0.3) is 0 Å². The molecule has 0 saturated heterocycles. The predicted molar refractivity (Wildman–Crippen MR) is 13.0 cm³/mol. The van der Waals surface area contributed by atoms with E-state index < -0.39 is 12.4 Å². The summed E-state index contributed by atoms with van der Waals surface area (Å²) < 4.78 is 19.6. The molecule has 0 saturated carbocycles. The van der Waals surface area contributed by atoms with Crippen LogP contribution in [-0.4, -0.2) is 12.4 Å². The monoisotopic (exact) mass is 232 g/mol. The molecule has 9 heavy (non-hydrogen) atoms. The first-order valence-corrected chi connectivity index (χ1v) is 1.19. The van der Waals surface area contributed by atoms with Gasteiger partial charge < -0.3 is 19.8 Å². The number of hydrogen-bond donors (Lipinski definition) is 0. The molecule has 0 aliphatic rings. The van der Waals surface area contributed by atoms with Crippen LogP contribution in [0.3, 0.4) is 0 Å². The van der Waals surface area contributed by atoms with Crippen LogP contribution in [0, 0.1) is 0 Å². The van der Waals surface area contributed by atoms with Crippen molar-refractivity contribution in [3.05, 3.63) is 0 Å². The van der Waals surface area contributed by atoms with Gasteiger partial charge in [0.25, 0.3) is 0 Å². The van der Waals surface area contributed by atoms with E-state index in [9.17, 15) is 8.78 Å². The van der Waals surface area contributed by atoms with E-state index in [-0.39, 0.29) is 20.4 Å². The summed E-state index contributed by atoms with van der Waals surface area (Å²) in [6.45, 7) is 0. The molecule has 0 amide bonds. The fraction of sp³-hybridized carbons (Fsp3) is 0. The molecule has 0 aromatic rings. The van der Waals surface area contributed by atoms with Crippen molar-refractivity contribution in [3.8, 4) is 0 Å². The Kier molecular flexibility index (Phi) is 18.3. The summed E-state index contributed by atoms with van der Waals surface area (Å²) in [6, 6.07) is 0. The molecule has 0 N–H and O–H groups in total. The van der Waals surface area contributed by atoms with E-state index in [1.807, 2.05) is 0 Å². The third-order valence-electron chi connectivity index (χ3n) is 0. The molecule has 0 spiro atoms. The van der Waals surface area contributed by atoms with Crippen molar-refractivity contribution in [2.75, 3.05) is 0 Å². The maximum Gasteiger partial charge on any atom is 2.00 e. The van der Waals surface area contributed by atoms with Crippen molar-refractivity contribution >= 4 is 12.4 Å². The smallest absolute Gasteiger partial charge is 0.520 e. The number of carbonyl (C=O) groups is 2. The largest absolute Gasteiger partial charge is 2.00 e. The summed E-state index contributed by atoms with van der Waals surface area (Å²) in [6.07, 6.45) is -5.17. The van der Waals surface area contributed by atoms with E-state index in [0.717, 1.165) is 0 Å². The Hall–Kier alpha value is -0.538. The molecule has 0 aromatic heterocycles. The van der Waals surface area contributed by atoms with Crippen molar-refractivity contribution in [1.82, 2.24) is 0 Å². The molecular formula is C2F2O4Pd. The Balaban J connectivity index is -0.0000000720. The first-order chi connectivity index (χ1) is 3.46. The van der Waals surface area contributed by atoms with Gasteiger partial charge in [0.15, 0.2) is 0 Å². The van der Waals surface area contributed by atoms with Gasteiger partial charge in [0.2, 0.25) is 12.4 Å². The van der Waals surface area contributed by atoms with Gasteiger partial charge in [-0.3, -0.25) is 0 Å². The zero-order valence-electron chi connectivity index (χ0n) is 3.71. The Bertz CT molecular complexity index is 74.6. The van der Waals surface area contributed by atoms with E-state index in [2.05, 4.69) is 0 Å². The van der Waals surface area contributed by atoms with Crippen molar-refractivity contribution in [1.29, 1.82) is 0 Å². The molecule has 0 rings (SSSR count). The molecular weight excluding hydrogens is 232 g/mol. The van der Waals surface area contributed by atoms with E-state index in [0.29, 0.717) is 0 Å². The van der Waals surface area contributed by atoms with Crippen LogP contribution in [0.1, 0.15) is 0 Å². The van der Waals surface area contributed by atoms with Crippen LogP contribution < -0.4 is 10.2 Å². The summed E-state index contributed by atoms with van der Waals surface area (Å²) in [7, 11) is 0. The van der Waals surface area contributed by atoms with Gasteiger partial charge in [0, 0.05) is 0 Å². The van der Waals surface area contributed by atoms with E-state index >= 15 is 0 Å². The fourth-order valence-electron chi connectivity index (χ4n) is 0. The van der Waals surface area contributed by atoms with Gasteiger partial charge in [-0.2, -0.15) is 8.78 Å². The van der Waals surface area contributed by atoms with Crippen molar-refractivity contribution < 1.29 is 49.0 Å². The molecule has 0 heterocycles. The number of hydrogen-bond acceptors (Lipinski definition) is 4. The molecule has 0 aromatic carbocycles. The molecule has 0 radical (unpaired) electrons. The Morgan fingerprint density at radius 1 is 1.00 bits per heavy atom. The molecule has 56 valence electrons. The summed E-state index contributed by atoms with van der Waals surface area (Å²) >= 11 is 0. The third-order valence-corrected chi connectivity index (χ3v) is 0. The molecule has 0 atom stereocenters. The normalized spacial score (nSPS) is 5.56. The summed E-state index contributed by atoms with van der Waals surface area (Å²) in [5.74, 6) is 0. The van der Waals surface area contributed by atoms with Gasteiger partial charge in [0.05, 0.1) is 0 Å². The third kappa shape index (κ3) is 770. The average molecular weight is 232 g/mol. The Morgan fingerprint density at radius 3 is 1.00 bits per heavy atom. The van der Waals surface area contributed by atoms with Gasteiger partial charge in [-0.25, -0.2) is 0 Å². The van der Waals surface area contributed by atoms with Crippen LogP contribution >= 0.6 is 0 Å². The number of carboxylic acid groups (broad SMARTS) is 2. The van der Waals surface area contributed by atoms with Crippen molar-refractivity contribution in [2.24, 2.45) is 0 Å². The van der Waals surface area contributed by atoms with Gasteiger partial charge in [-0.05, 0) is 0 Å². The molecule has 0 unspecified atom stereocenters. The standard InChI is InChI=1S/2CHFO2.Pd/c2*2-1(3)4;/h2*(H,3,4);/q;;+2/p-2. The summed E-state index contributed by atoms with van der Waals surface area (Å²) in [5.41, 5.74) is 0. The van der Waals surface area contributed by atoms with E-state index in [1.54, 1.807) is 0 Å². The SMILES string of the molecule is O=C([O-])F.O=C([O-])F.[Pd+2]. The minimum Gasteiger partial charge on any atom is -0.520 e. The summed E-state index contributed by atoms with van der Waals surface area (Å²) in [5, 5.41) is 16.4. The van der Waals surface area contributed by atoms with Crippen LogP contribution in [-0.2, 0) is 20.4 Å². The molecule has 0 bridgehead atoms. The van der Waals surface area contributed by atoms with E-state index in [1.165, 1.54) is 0 Å². The van der Waals surface area contributed by atoms with Crippen LogP contribution in [0.15, 0.2) is 0 Å². The second-order valence-corrected chi connectivity index (χ2v) is 0.475. The number of rotatable bonds is 0. The molecule has 0 aliphatic heterocycles. The Labute approximate surface area is 62.1 Å². The second-order valence-electron chi connectivity index (χ2n) is 0.475. The predicted octanol–water partition coefficient (Wildman–Crippen LogP) is -1.40.